The van der Waals surface area contributed by atoms with Crippen LogP contribution in [0.25, 0.3) is 0 Å². The van der Waals surface area contributed by atoms with E-state index in [1.807, 2.05) is 26.0 Å². The van der Waals surface area contributed by atoms with Crippen molar-refractivity contribution in [3.05, 3.63) is 59.2 Å². The van der Waals surface area contributed by atoms with Gasteiger partial charge < -0.3 is 14.8 Å². The molecular formula is C20H23NO4. The molecule has 25 heavy (non-hydrogen) atoms. The summed E-state index contributed by atoms with van der Waals surface area (Å²) in [7, 11) is 1.33. The quantitative estimate of drug-likeness (QED) is 0.613. The minimum Gasteiger partial charge on any atom is -0.493 e. The number of hydrogen-bond acceptors (Lipinski definition) is 4. The molecule has 0 unspecified atom stereocenters. The van der Waals surface area contributed by atoms with Gasteiger partial charge in [0.15, 0.2) is 0 Å². The summed E-state index contributed by atoms with van der Waals surface area (Å²) < 4.78 is 10.3. The maximum absolute atomic E-state index is 12.0. The third-order valence-corrected chi connectivity index (χ3v) is 3.73. The molecular weight excluding hydrogens is 318 g/mol. The number of benzene rings is 2. The molecule has 2 rings (SSSR count). The largest absolute Gasteiger partial charge is 0.493 e. The summed E-state index contributed by atoms with van der Waals surface area (Å²) in [4.78, 5) is 23.3. The zero-order valence-corrected chi connectivity index (χ0v) is 14.8. The molecule has 0 saturated carbocycles. The zero-order valence-electron chi connectivity index (χ0n) is 14.8. The maximum Gasteiger partial charge on any atom is 0.337 e. The van der Waals surface area contributed by atoms with Crippen LogP contribution in [0.2, 0.25) is 0 Å². The Hall–Kier alpha value is -2.82. The Kier molecular flexibility index (Phi) is 6.57. The number of aryl methyl sites for hydroxylation is 2. The summed E-state index contributed by atoms with van der Waals surface area (Å²) >= 11 is 0. The van der Waals surface area contributed by atoms with Crippen molar-refractivity contribution in [3.63, 3.8) is 0 Å². The van der Waals surface area contributed by atoms with Gasteiger partial charge in [-0.15, -0.1) is 0 Å². The predicted molar refractivity (Wildman–Crippen MR) is 97.1 cm³/mol. The molecule has 0 atom stereocenters. The third kappa shape index (κ3) is 5.64. The van der Waals surface area contributed by atoms with Crippen LogP contribution in [0.5, 0.6) is 5.75 Å². The summed E-state index contributed by atoms with van der Waals surface area (Å²) in [6.07, 6.45) is 0.989. The molecule has 2 aromatic rings. The lowest BCUT2D eigenvalue weighted by Crippen LogP contribution is -2.13. The first-order chi connectivity index (χ1) is 12.0. The van der Waals surface area contributed by atoms with Crippen LogP contribution in [0, 0.1) is 13.8 Å². The Morgan fingerprint density at radius 3 is 2.40 bits per heavy atom. The lowest BCUT2D eigenvalue weighted by Gasteiger charge is -2.10. The van der Waals surface area contributed by atoms with Crippen LogP contribution in [0.1, 0.15) is 34.3 Å². The van der Waals surface area contributed by atoms with E-state index in [4.69, 9.17) is 4.74 Å². The average molecular weight is 341 g/mol. The zero-order chi connectivity index (χ0) is 18.2. The highest BCUT2D eigenvalue weighted by molar-refractivity contribution is 5.93. The molecule has 1 amide bonds. The van der Waals surface area contributed by atoms with Gasteiger partial charge in [-0.2, -0.15) is 0 Å². The van der Waals surface area contributed by atoms with E-state index >= 15 is 0 Å². The van der Waals surface area contributed by atoms with Crippen molar-refractivity contribution in [2.45, 2.75) is 26.7 Å². The van der Waals surface area contributed by atoms with E-state index in [1.165, 1.54) is 12.7 Å². The fraction of sp³-hybridized carbons (Fsp3) is 0.300. The summed E-state index contributed by atoms with van der Waals surface area (Å²) in [6.45, 7) is 4.53. The topological polar surface area (TPSA) is 64.6 Å². The van der Waals surface area contributed by atoms with Crippen molar-refractivity contribution in [2.24, 2.45) is 0 Å². The number of carbonyl (C=O) groups excluding carboxylic acids is 2. The van der Waals surface area contributed by atoms with Crippen LogP contribution in [-0.4, -0.2) is 25.6 Å². The van der Waals surface area contributed by atoms with Crippen molar-refractivity contribution in [2.75, 3.05) is 19.0 Å². The minimum atomic E-state index is -0.401. The number of methoxy groups -OCH3 is 1. The van der Waals surface area contributed by atoms with E-state index in [1.54, 1.807) is 24.3 Å². The van der Waals surface area contributed by atoms with Gasteiger partial charge in [0, 0.05) is 12.1 Å². The lowest BCUT2D eigenvalue weighted by molar-refractivity contribution is -0.116. The Morgan fingerprint density at radius 1 is 1.04 bits per heavy atom. The van der Waals surface area contributed by atoms with E-state index in [2.05, 4.69) is 16.1 Å². The molecule has 132 valence electrons. The summed E-state index contributed by atoms with van der Waals surface area (Å²) in [5.41, 5.74) is 3.38. The molecule has 0 heterocycles. The summed E-state index contributed by atoms with van der Waals surface area (Å²) in [5.74, 6) is 0.362. The molecule has 0 aromatic heterocycles. The maximum atomic E-state index is 12.0. The van der Waals surface area contributed by atoms with E-state index in [9.17, 15) is 9.59 Å². The Bertz CT molecular complexity index is 738. The second-order valence-electron chi connectivity index (χ2n) is 5.84. The number of ether oxygens (including phenoxy) is 2. The molecule has 0 aliphatic heterocycles. The van der Waals surface area contributed by atoms with E-state index in [0.29, 0.717) is 30.7 Å². The van der Waals surface area contributed by atoms with Crippen molar-refractivity contribution < 1.29 is 19.1 Å². The van der Waals surface area contributed by atoms with Gasteiger partial charge in [0.1, 0.15) is 5.75 Å². The third-order valence-electron chi connectivity index (χ3n) is 3.73. The van der Waals surface area contributed by atoms with Crippen molar-refractivity contribution in [1.82, 2.24) is 0 Å². The van der Waals surface area contributed by atoms with Gasteiger partial charge in [-0.3, -0.25) is 4.79 Å². The average Bonchev–Trinajstić information content (AvgIpc) is 2.60. The van der Waals surface area contributed by atoms with Crippen LogP contribution in [-0.2, 0) is 9.53 Å². The van der Waals surface area contributed by atoms with Crippen LogP contribution in [0.15, 0.2) is 42.5 Å². The number of carbonyl (C=O) groups is 2. The normalized spacial score (nSPS) is 10.2. The first-order valence-corrected chi connectivity index (χ1v) is 8.18. The molecule has 0 aliphatic carbocycles. The standard InChI is InChI=1S/C20H23NO4/c1-14-6-11-18(15(2)13-14)25-12-4-5-19(22)21-17-9-7-16(8-10-17)20(23)24-3/h6-11,13H,4-5,12H2,1-3H3,(H,21,22). The Morgan fingerprint density at radius 2 is 1.76 bits per heavy atom. The van der Waals surface area contributed by atoms with E-state index in [0.717, 1.165) is 11.3 Å². The number of amides is 1. The van der Waals surface area contributed by atoms with Crippen LogP contribution in [0.3, 0.4) is 0 Å². The number of rotatable bonds is 7. The van der Waals surface area contributed by atoms with Gasteiger partial charge in [-0.25, -0.2) is 4.79 Å². The van der Waals surface area contributed by atoms with Gasteiger partial charge >= 0.3 is 5.97 Å². The number of esters is 1. The molecule has 2 aromatic carbocycles. The number of anilines is 1. The Balaban J connectivity index is 1.74. The summed E-state index contributed by atoms with van der Waals surface area (Å²) in [6, 6.07) is 12.6. The van der Waals surface area contributed by atoms with Gasteiger partial charge in [0.05, 0.1) is 19.3 Å². The summed E-state index contributed by atoms with van der Waals surface area (Å²) in [5, 5.41) is 2.80. The van der Waals surface area contributed by atoms with Gasteiger partial charge in [0.25, 0.3) is 0 Å². The lowest BCUT2D eigenvalue weighted by atomic mass is 10.1. The number of hydrogen-bond donors (Lipinski definition) is 1. The van der Waals surface area contributed by atoms with Crippen LogP contribution < -0.4 is 10.1 Å². The molecule has 0 spiro atoms. The highest BCUT2D eigenvalue weighted by Gasteiger charge is 2.07. The molecule has 5 heteroatoms. The second kappa shape index (κ2) is 8.87. The van der Waals surface area contributed by atoms with Gasteiger partial charge in [-0.1, -0.05) is 17.7 Å². The number of nitrogens with one attached hydrogen (secondary N) is 1. The van der Waals surface area contributed by atoms with Crippen LogP contribution in [0.4, 0.5) is 5.69 Å². The van der Waals surface area contributed by atoms with E-state index < -0.39 is 5.97 Å². The van der Waals surface area contributed by atoms with Crippen LogP contribution >= 0.6 is 0 Å². The first kappa shape index (κ1) is 18.5. The monoisotopic (exact) mass is 341 g/mol. The second-order valence-corrected chi connectivity index (χ2v) is 5.84. The SMILES string of the molecule is COC(=O)c1ccc(NC(=O)CCCOc2ccc(C)cc2C)cc1. The molecule has 0 saturated heterocycles. The molecule has 5 nitrogen and oxygen atoms in total. The highest BCUT2D eigenvalue weighted by Crippen LogP contribution is 2.19. The van der Waals surface area contributed by atoms with E-state index in [-0.39, 0.29) is 5.91 Å². The molecule has 0 fully saturated rings. The minimum absolute atomic E-state index is 0.0879. The molecule has 0 aliphatic rings. The molecule has 1 N–H and O–H groups in total. The first-order valence-electron chi connectivity index (χ1n) is 8.18. The van der Waals surface area contributed by atoms with Crippen molar-refractivity contribution in [3.8, 4) is 5.75 Å². The van der Waals surface area contributed by atoms with Gasteiger partial charge in [0.2, 0.25) is 5.91 Å². The fourth-order valence-corrected chi connectivity index (χ4v) is 2.41. The molecule has 0 radical (unpaired) electrons. The smallest absolute Gasteiger partial charge is 0.337 e. The highest BCUT2D eigenvalue weighted by atomic mass is 16.5. The predicted octanol–water partition coefficient (Wildman–Crippen LogP) is 3.89. The van der Waals surface area contributed by atoms with Crippen molar-refractivity contribution in [1.29, 1.82) is 0 Å². The Labute approximate surface area is 148 Å². The van der Waals surface area contributed by atoms with Gasteiger partial charge in [-0.05, 0) is 56.2 Å². The van der Waals surface area contributed by atoms with Crippen molar-refractivity contribution >= 4 is 17.6 Å². The fourth-order valence-electron chi connectivity index (χ4n) is 2.41. The molecule has 0 bridgehead atoms.